The van der Waals surface area contributed by atoms with E-state index in [1.165, 1.54) is 6.07 Å². The third-order valence-electron chi connectivity index (χ3n) is 2.58. The first kappa shape index (κ1) is 14.5. The fourth-order valence-electron chi connectivity index (χ4n) is 1.56. The number of hydrogen-bond acceptors (Lipinski definition) is 4. The number of aryl methyl sites for hydroxylation is 1. The predicted molar refractivity (Wildman–Crippen MR) is 75.6 cm³/mol. The number of rotatable bonds is 3. The maximum atomic E-state index is 13.0. The third kappa shape index (κ3) is 3.00. The summed E-state index contributed by atoms with van der Waals surface area (Å²) in [6.45, 7) is 1.67. The van der Waals surface area contributed by atoms with E-state index in [1.54, 1.807) is 13.0 Å². The van der Waals surface area contributed by atoms with Gasteiger partial charge in [0.25, 0.3) is 10.0 Å². The Balaban J connectivity index is 2.41. The first-order valence-corrected chi connectivity index (χ1v) is 7.35. The van der Waals surface area contributed by atoms with E-state index in [4.69, 9.17) is 17.3 Å². The van der Waals surface area contributed by atoms with E-state index < -0.39 is 15.8 Å². The number of nitrogens with two attached hydrogens (primary N) is 1. The fourth-order valence-corrected chi connectivity index (χ4v) is 2.82. The zero-order chi connectivity index (χ0) is 14.9. The zero-order valence-electron chi connectivity index (χ0n) is 10.4. The number of nitrogens with one attached hydrogen (secondary N) is 1. The Bertz CT molecular complexity index is 765. The molecule has 2 rings (SSSR count). The number of sulfonamides is 1. The maximum absolute atomic E-state index is 13.0. The fraction of sp³-hybridized carbons (Fsp3) is 0.0833. The average molecular weight is 316 g/mol. The van der Waals surface area contributed by atoms with Gasteiger partial charge in [-0.15, -0.1) is 0 Å². The minimum atomic E-state index is -3.94. The number of halogens is 2. The Morgan fingerprint density at radius 2 is 2.00 bits per heavy atom. The van der Waals surface area contributed by atoms with Gasteiger partial charge in [-0.1, -0.05) is 11.6 Å². The lowest BCUT2D eigenvalue weighted by Crippen LogP contribution is -2.14. The summed E-state index contributed by atoms with van der Waals surface area (Å²) in [5.74, 6) is -0.736. The molecular formula is C12H11ClFN3O2S. The number of benzene rings is 1. The molecule has 0 atom stereocenters. The Morgan fingerprint density at radius 3 is 2.65 bits per heavy atom. The van der Waals surface area contributed by atoms with Crippen LogP contribution in [0.25, 0.3) is 0 Å². The normalized spacial score (nSPS) is 11.3. The molecule has 0 bridgehead atoms. The van der Waals surface area contributed by atoms with Gasteiger partial charge in [0.05, 0.1) is 22.6 Å². The van der Waals surface area contributed by atoms with Gasteiger partial charge < -0.3 is 5.73 Å². The lowest BCUT2D eigenvalue weighted by Gasteiger charge is -2.12. The summed E-state index contributed by atoms with van der Waals surface area (Å²) in [5.41, 5.74) is 6.83. The molecule has 0 spiro atoms. The number of nitrogen functional groups attached to an aromatic ring is 1. The third-order valence-corrected chi connectivity index (χ3v) is 4.24. The van der Waals surface area contributed by atoms with Crippen molar-refractivity contribution in [3.8, 4) is 0 Å². The molecule has 5 nitrogen and oxygen atoms in total. The lowest BCUT2D eigenvalue weighted by atomic mass is 10.2. The van der Waals surface area contributed by atoms with Crippen molar-refractivity contribution < 1.29 is 12.8 Å². The molecule has 3 N–H and O–H groups in total. The number of aromatic nitrogens is 1. The van der Waals surface area contributed by atoms with Crippen molar-refractivity contribution in [2.45, 2.75) is 11.8 Å². The van der Waals surface area contributed by atoms with Gasteiger partial charge in [0.2, 0.25) is 0 Å². The van der Waals surface area contributed by atoms with E-state index >= 15 is 0 Å². The van der Waals surface area contributed by atoms with E-state index in [-0.39, 0.29) is 15.6 Å². The molecule has 0 aliphatic heterocycles. The van der Waals surface area contributed by atoms with Gasteiger partial charge in [-0.25, -0.2) is 12.8 Å². The van der Waals surface area contributed by atoms with E-state index in [2.05, 4.69) is 9.71 Å². The highest BCUT2D eigenvalue weighted by molar-refractivity contribution is 7.92. The molecule has 0 saturated carbocycles. The Hall–Kier alpha value is -1.86. The van der Waals surface area contributed by atoms with E-state index in [0.717, 1.165) is 18.5 Å². The van der Waals surface area contributed by atoms with Crippen molar-refractivity contribution in [3.63, 3.8) is 0 Å². The van der Waals surface area contributed by atoms with Crippen LogP contribution in [0.15, 0.2) is 35.5 Å². The van der Waals surface area contributed by atoms with Gasteiger partial charge in [0.1, 0.15) is 10.7 Å². The van der Waals surface area contributed by atoms with Crippen molar-refractivity contribution in [2.24, 2.45) is 0 Å². The van der Waals surface area contributed by atoms with Crippen LogP contribution in [-0.2, 0) is 10.0 Å². The molecule has 20 heavy (non-hydrogen) atoms. The monoisotopic (exact) mass is 315 g/mol. The number of pyridine rings is 1. The van der Waals surface area contributed by atoms with Gasteiger partial charge >= 0.3 is 0 Å². The highest BCUT2D eigenvalue weighted by atomic mass is 35.5. The van der Waals surface area contributed by atoms with Crippen molar-refractivity contribution in [1.82, 2.24) is 4.98 Å². The number of hydrogen-bond donors (Lipinski definition) is 2. The molecule has 0 aliphatic carbocycles. The van der Waals surface area contributed by atoms with Crippen molar-refractivity contribution in [2.75, 3.05) is 10.5 Å². The smallest absolute Gasteiger partial charge is 0.263 e. The second kappa shape index (κ2) is 5.26. The number of anilines is 2. The SMILES string of the molecule is Cc1cc(N)c(Cl)cc1NS(=O)(=O)c1cncc(F)c1. The summed E-state index contributed by atoms with van der Waals surface area (Å²) in [7, 11) is -3.94. The Kier molecular flexibility index (Phi) is 3.82. The molecule has 1 heterocycles. The summed E-state index contributed by atoms with van der Waals surface area (Å²) in [6, 6.07) is 3.82. The topological polar surface area (TPSA) is 85.1 Å². The van der Waals surface area contributed by atoms with Gasteiger partial charge in [0.15, 0.2) is 0 Å². The maximum Gasteiger partial charge on any atom is 0.263 e. The minimum Gasteiger partial charge on any atom is -0.398 e. The largest absolute Gasteiger partial charge is 0.398 e. The van der Waals surface area contributed by atoms with Crippen LogP contribution < -0.4 is 10.5 Å². The molecule has 0 saturated heterocycles. The van der Waals surface area contributed by atoms with Crippen LogP contribution >= 0.6 is 11.6 Å². The second-order valence-corrected chi connectivity index (χ2v) is 6.22. The molecule has 0 aliphatic rings. The Labute approximate surface area is 120 Å². The van der Waals surface area contributed by atoms with E-state index in [1.807, 2.05) is 0 Å². The van der Waals surface area contributed by atoms with Crippen LogP contribution in [0.1, 0.15) is 5.56 Å². The van der Waals surface area contributed by atoms with Gasteiger partial charge in [-0.2, -0.15) is 0 Å². The summed E-state index contributed by atoms with van der Waals surface area (Å²) < 4.78 is 39.6. The highest BCUT2D eigenvalue weighted by Gasteiger charge is 2.17. The second-order valence-electron chi connectivity index (χ2n) is 4.13. The predicted octanol–water partition coefficient (Wildman–Crippen LogP) is 2.57. The van der Waals surface area contributed by atoms with E-state index in [0.29, 0.717) is 11.3 Å². The molecule has 1 aromatic carbocycles. The van der Waals surface area contributed by atoms with Crippen LogP contribution in [0.2, 0.25) is 5.02 Å². The van der Waals surface area contributed by atoms with E-state index in [9.17, 15) is 12.8 Å². The van der Waals surface area contributed by atoms with Crippen LogP contribution in [0.4, 0.5) is 15.8 Å². The summed E-state index contributed by atoms with van der Waals surface area (Å²) in [6.07, 6.45) is 1.98. The minimum absolute atomic E-state index is 0.227. The molecule has 0 fully saturated rings. The van der Waals surface area contributed by atoms with Crippen LogP contribution in [-0.4, -0.2) is 13.4 Å². The molecule has 0 unspecified atom stereocenters. The lowest BCUT2D eigenvalue weighted by molar-refractivity contribution is 0.592. The van der Waals surface area contributed by atoms with Crippen LogP contribution in [0, 0.1) is 12.7 Å². The van der Waals surface area contributed by atoms with Crippen molar-refractivity contribution in [1.29, 1.82) is 0 Å². The van der Waals surface area contributed by atoms with Gasteiger partial charge in [-0.05, 0) is 30.7 Å². The first-order valence-electron chi connectivity index (χ1n) is 5.48. The summed E-state index contributed by atoms with van der Waals surface area (Å²) in [4.78, 5) is 3.23. The average Bonchev–Trinajstić information content (AvgIpc) is 2.36. The first-order chi connectivity index (χ1) is 9.29. The quantitative estimate of drug-likeness (QED) is 0.852. The molecule has 106 valence electrons. The molecule has 1 aromatic heterocycles. The standard InChI is InChI=1S/C12H11ClFN3O2S/c1-7-2-11(15)10(13)4-12(7)17-20(18,19)9-3-8(14)5-16-6-9/h2-6,17H,15H2,1H3. The molecule has 8 heteroatoms. The molecule has 0 radical (unpaired) electrons. The highest BCUT2D eigenvalue weighted by Crippen LogP contribution is 2.28. The zero-order valence-corrected chi connectivity index (χ0v) is 12.0. The molecular weight excluding hydrogens is 305 g/mol. The van der Waals surface area contributed by atoms with Gasteiger partial charge in [0, 0.05) is 6.20 Å². The van der Waals surface area contributed by atoms with Crippen molar-refractivity contribution >= 4 is 33.0 Å². The number of nitrogens with zero attached hydrogens (tertiary/aromatic N) is 1. The summed E-state index contributed by atoms with van der Waals surface area (Å²) >= 11 is 5.85. The Morgan fingerprint density at radius 1 is 1.30 bits per heavy atom. The molecule has 0 amide bonds. The summed E-state index contributed by atoms with van der Waals surface area (Å²) in [5, 5.41) is 0.227. The van der Waals surface area contributed by atoms with Crippen LogP contribution in [0.3, 0.4) is 0 Å². The van der Waals surface area contributed by atoms with Gasteiger partial charge in [-0.3, -0.25) is 9.71 Å². The van der Waals surface area contributed by atoms with Crippen molar-refractivity contribution in [3.05, 3.63) is 47.0 Å². The molecule has 2 aromatic rings. The van der Waals surface area contributed by atoms with Crippen LogP contribution in [0.5, 0.6) is 0 Å².